The molecule has 0 aliphatic carbocycles. The predicted octanol–water partition coefficient (Wildman–Crippen LogP) is 3.64. The number of aromatic amines is 1. The summed E-state index contributed by atoms with van der Waals surface area (Å²) in [4.78, 5) is 20.0. The molecule has 0 saturated heterocycles. The van der Waals surface area contributed by atoms with Crippen LogP contribution in [0, 0.1) is 6.92 Å². The van der Waals surface area contributed by atoms with Crippen molar-refractivity contribution in [3.05, 3.63) is 88.0 Å². The van der Waals surface area contributed by atoms with Crippen molar-refractivity contribution in [3.8, 4) is 5.75 Å². The van der Waals surface area contributed by atoms with E-state index in [0.717, 1.165) is 17.1 Å². The van der Waals surface area contributed by atoms with Gasteiger partial charge in [0.15, 0.2) is 0 Å². The lowest BCUT2D eigenvalue weighted by Gasteiger charge is -2.23. The average molecular weight is 508 g/mol. The van der Waals surface area contributed by atoms with Crippen molar-refractivity contribution in [1.82, 2.24) is 23.0 Å². The van der Waals surface area contributed by atoms with Gasteiger partial charge in [-0.05, 0) is 54.4 Å². The van der Waals surface area contributed by atoms with E-state index in [1.807, 2.05) is 0 Å². The largest absolute Gasteiger partial charge is 0.497 e. The third-order valence-electron chi connectivity index (χ3n) is 5.73. The highest BCUT2D eigenvalue weighted by atomic mass is 32.2. The summed E-state index contributed by atoms with van der Waals surface area (Å²) in [6.45, 7) is 1.61. The Morgan fingerprint density at radius 2 is 1.94 bits per heavy atom. The van der Waals surface area contributed by atoms with Crippen molar-refractivity contribution in [2.75, 3.05) is 7.11 Å². The van der Waals surface area contributed by atoms with Gasteiger partial charge in [0, 0.05) is 41.9 Å². The zero-order valence-corrected chi connectivity index (χ0v) is 20.6. The second-order valence-corrected chi connectivity index (χ2v) is 10.5. The molecule has 3 heterocycles. The molecule has 0 radical (unpaired) electrons. The number of rotatable bonds is 7. The molecule has 0 atom stereocenters. The molecule has 35 heavy (non-hydrogen) atoms. The third-order valence-corrected chi connectivity index (χ3v) is 8.24. The Kier molecular flexibility index (Phi) is 6.05. The van der Waals surface area contributed by atoms with Crippen LogP contribution in [0.3, 0.4) is 0 Å². The molecule has 178 valence electrons. The van der Waals surface area contributed by atoms with E-state index in [2.05, 4.69) is 18.7 Å². The van der Waals surface area contributed by atoms with Crippen LogP contribution in [0.15, 0.2) is 70.6 Å². The van der Waals surface area contributed by atoms with Crippen LogP contribution < -0.4 is 10.3 Å². The summed E-state index contributed by atoms with van der Waals surface area (Å²) in [6, 6.07) is 14.0. The van der Waals surface area contributed by atoms with Gasteiger partial charge in [-0.25, -0.2) is 8.42 Å². The predicted molar refractivity (Wildman–Crippen MR) is 134 cm³/mol. The number of nitrogens with zero attached hydrogens (tertiary/aromatic N) is 4. The van der Waals surface area contributed by atoms with Gasteiger partial charge in [-0.1, -0.05) is 12.1 Å². The SMILES string of the molecule is COc1ccc2[nH]c(=O)c(CN(Cc3cccnc3)S(=O)(=O)c3c(C)ccc4nsnc34)cc2c1. The summed E-state index contributed by atoms with van der Waals surface area (Å²) in [5.74, 6) is 0.633. The van der Waals surface area contributed by atoms with Crippen LogP contribution in [0.4, 0.5) is 0 Å². The first-order valence-corrected chi connectivity index (χ1v) is 12.8. The summed E-state index contributed by atoms with van der Waals surface area (Å²) in [5, 5.41) is 0.736. The number of hydrogen-bond donors (Lipinski definition) is 1. The van der Waals surface area contributed by atoms with Gasteiger partial charge in [0.05, 0.1) is 18.8 Å². The number of benzene rings is 2. The Hall–Kier alpha value is -3.67. The van der Waals surface area contributed by atoms with Gasteiger partial charge in [-0.3, -0.25) is 9.78 Å². The molecule has 1 N–H and O–H groups in total. The van der Waals surface area contributed by atoms with Gasteiger partial charge in [-0.15, -0.1) is 0 Å². The van der Waals surface area contributed by atoms with E-state index in [0.29, 0.717) is 39.0 Å². The molecule has 0 saturated carbocycles. The third kappa shape index (κ3) is 4.41. The number of aromatic nitrogens is 4. The number of fused-ring (bicyclic) bond motifs is 2. The van der Waals surface area contributed by atoms with Crippen LogP contribution >= 0.6 is 11.7 Å². The topological polar surface area (TPSA) is 118 Å². The zero-order chi connectivity index (χ0) is 24.6. The molecule has 0 fully saturated rings. The molecule has 0 aliphatic heterocycles. The smallest absolute Gasteiger partial charge is 0.252 e. The summed E-state index contributed by atoms with van der Waals surface area (Å²) in [6.07, 6.45) is 3.23. The number of pyridine rings is 2. The number of ether oxygens (including phenoxy) is 1. The number of methoxy groups -OCH3 is 1. The van der Waals surface area contributed by atoms with Gasteiger partial charge in [0.25, 0.3) is 5.56 Å². The van der Waals surface area contributed by atoms with Crippen LogP contribution in [0.2, 0.25) is 0 Å². The maximum absolute atomic E-state index is 14.1. The van der Waals surface area contributed by atoms with Gasteiger partial charge in [0.2, 0.25) is 10.0 Å². The Labute approximate surface area is 205 Å². The summed E-state index contributed by atoms with van der Waals surface area (Å²) in [7, 11) is -2.51. The minimum Gasteiger partial charge on any atom is -0.497 e. The number of H-pyrrole nitrogens is 1. The normalized spacial score (nSPS) is 12.0. The maximum atomic E-state index is 14.1. The number of aryl methyl sites for hydroxylation is 1. The van der Waals surface area contributed by atoms with Crippen LogP contribution in [-0.2, 0) is 23.1 Å². The molecule has 11 heteroatoms. The van der Waals surface area contributed by atoms with E-state index in [-0.39, 0.29) is 23.5 Å². The maximum Gasteiger partial charge on any atom is 0.252 e. The number of nitrogens with one attached hydrogen (secondary N) is 1. The van der Waals surface area contributed by atoms with Crippen molar-refractivity contribution in [2.45, 2.75) is 24.9 Å². The van der Waals surface area contributed by atoms with Crippen LogP contribution in [-0.4, -0.2) is 38.5 Å². The fourth-order valence-electron chi connectivity index (χ4n) is 3.97. The lowest BCUT2D eigenvalue weighted by molar-refractivity contribution is 0.399. The average Bonchev–Trinajstić information content (AvgIpc) is 3.32. The van der Waals surface area contributed by atoms with Gasteiger partial charge >= 0.3 is 0 Å². The highest BCUT2D eigenvalue weighted by molar-refractivity contribution is 7.89. The highest BCUT2D eigenvalue weighted by Crippen LogP contribution is 2.30. The summed E-state index contributed by atoms with van der Waals surface area (Å²) < 4.78 is 43.1. The first-order valence-electron chi connectivity index (χ1n) is 10.7. The second kappa shape index (κ2) is 9.17. The van der Waals surface area contributed by atoms with Crippen molar-refractivity contribution in [3.63, 3.8) is 0 Å². The second-order valence-electron chi connectivity index (χ2n) is 8.05. The van der Waals surface area contributed by atoms with Gasteiger partial charge in [0.1, 0.15) is 21.7 Å². The minimum absolute atomic E-state index is 0.0269. The fourth-order valence-corrected chi connectivity index (χ4v) is 6.33. The Morgan fingerprint density at radius 3 is 2.71 bits per heavy atom. The Morgan fingerprint density at radius 1 is 1.09 bits per heavy atom. The van der Waals surface area contributed by atoms with E-state index in [1.165, 1.54) is 4.31 Å². The molecular weight excluding hydrogens is 486 g/mol. The van der Waals surface area contributed by atoms with Crippen molar-refractivity contribution >= 4 is 43.7 Å². The van der Waals surface area contributed by atoms with Crippen LogP contribution in [0.5, 0.6) is 5.75 Å². The lowest BCUT2D eigenvalue weighted by atomic mass is 10.1. The Bertz CT molecular complexity index is 1700. The van der Waals surface area contributed by atoms with E-state index in [4.69, 9.17) is 4.74 Å². The monoisotopic (exact) mass is 507 g/mol. The molecule has 5 aromatic rings. The fraction of sp³-hybridized carbons (Fsp3) is 0.167. The molecule has 0 aliphatic rings. The highest BCUT2D eigenvalue weighted by Gasteiger charge is 2.30. The van der Waals surface area contributed by atoms with Crippen LogP contribution in [0.1, 0.15) is 16.7 Å². The molecule has 0 unspecified atom stereocenters. The van der Waals surface area contributed by atoms with Crippen LogP contribution in [0.25, 0.3) is 21.9 Å². The lowest BCUT2D eigenvalue weighted by Crippen LogP contribution is -2.33. The summed E-state index contributed by atoms with van der Waals surface area (Å²) in [5.41, 5.74) is 2.66. The van der Waals surface area contributed by atoms with Gasteiger partial charge in [-0.2, -0.15) is 13.1 Å². The minimum atomic E-state index is -4.08. The molecule has 9 nitrogen and oxygen atoms in total. The van der Waals surface area contributed by atoms with E-state index in [1.54, 1.807) is 75.0 Å². The van der Waals surface area contributed by atoms with E-state index in [9.17, 15) is 13.2 Å². The standard InChI is InChI=1S/C24H21N5O4S2/c1-15-5-7-21-22(28-34-27-21)23(15)35(31,32)29(13-16-4-3-9-25-12-16)14-18-10-17-11-19(33-2)6-8-20(17)26-24(18)30/h3-12H,13-14H2,1-2H3,(H,26,30). The first-order chi connectivity index (χ1) is 16.9. The quantitative estimate of drug-likeness (QED) is 0.357. The molecule has 0 amide bonds. The zero-order valence-electron chi connectivity index (χ0n) is 18.9. The van der Waals surface area contributed by atoms with E-state index < -0.39 is 10.0 Å². The number of hydrogen-bond acceptors (Lipinski definition) is 8. The van der Waals surface area contributed by atoms with Gasteiger partial charge < -0.3 is 9.72 Å². The summed E-state index contributed by atoms with van der Waals surface area (Å²) >= 11 is 0.959. The van der Waals surface area contributed by atoms with Crippen molar-refractivity contribution in [1.29, 1.82) is 0 Å². The molecular formula is C24H21N5O4S2. The number of sulfonamides is 1. The molecule has 0 bridgehead atoms. The molecule has 3 aromatic heterocycles. The van der Waals surface area contributed by atoms with Crippen molar-refractivity contribution < 1.29 is 13.2 Å². The van der Waals surface area contributed by atoms with Crippen molar-refractivity contribution in [2.24, 2.45) is 0 Å². The Balaban J connectivity index is 1.64. The molecule has 5 rings (SSSR count). The van der Waals surface area contributed by atoms with E-state index >= 15 is 0 Å². The first kappa shape index (κ1) is 23.1. The molecule has 2 aromatic carbocycles. The molecule has 0 spiro atoms.